The highest BCUT2D eigenvalue weighted by Gasteiger charge is 2.36. The number of anilines is 1. The molecule has 182 valence electrons. The minimum atomic E-state index is -0.798. The summed E-state index contributed by atoms with van der Waals surface area (Å²) < 4.78 is 7.30. The Morgan fingerprint density at radius 2 is 1.53 bits per heavy atom. The number of benzene rings is 3. The molecule has 1 aliphatic carbocycles. The van der Waals surface area contributed by atoms with Gasteiger partial charge in [0, 0.05) is 11.1 Å². The van der Waals surface area contributed by atoms with Gasteiger partial charge in [0.25, 0.3) is 11.3 Å². The number of nitrogens with zero attached hydrogens (tertiary/aromatic N) is 2. The lowest BCUT2D eigenvalue weighted by molar-refractivity contribution is 0.101. The van der Waals surface area contributed by atoms with Gasteiger partial charge in [0.1, 0.15) is 11.5 Å². The van der Waals surface area contributed by atoms with E-state index in [1.165, 1.54) is 16.4 Å². The average Bonchev–Trinajstić information content (AvgIpc) is 3.38. The molecule has 0 radical (unpaired) electrons. The summed E-state index contributed by atoms with van der Waals surface area (Å²) in [5.41, 5.74) is 0.381. The first-order chi connectivity index (χ1) is 17.5. The smallest absolute Gasteiger partial charge is 0.280 e. The van der Waals surface area contributed by atoms with E-state index < -0.39 is 17.1 Å². The minimum Gasteiger partial charge on any atom is -0.503 e. The average molecular weight is 482 g/mol. The fourth-order valence-corrected chi connectivity index (χ4v) is 4.87. The first-order valence-electron chi connectivity index (χ1n) is 12.0. The highest BCUT2D eigenvalue weighted by atomic mass is 16.5. The van der Waals surface area contributed by atoms with E-state index in [0.29, 0.717) is 23.7 Å². The van der Waals surface area contributed by atoms with Crippen molar-refractivity contribution in [2.75, 3.05) is 5.32 Å². The van der Waals surface area contributed by atoms with Crippen LogP contribution in [0.2, 0.25) is 0 Å². The predicted octanol–water partition coefficient (Wildman–Crippen LogP) is 5.51. The normalized spacial score (nSPS) is 14.3. The molecule has 1 aromatic heterocycles. The van der Waals surface area contributed by atoms with Crippen molar-refractivity contribution in [2.45, 2.75) is 37.6 Å². The minimum absolute atomic E-state index is 0.155. The molecule has 1 aliphatic rings. The summed E-state index contributed by atoms with van der Waals surface area (Å²) in [7, 11) is 0. The van der Waals surface area contributed by atoms with Crippen molar-refractivity contribution in [3.05, 3.63) is 113 Å². The highest BCUT2D eigenvalue weighted by molar-refractivity contribution is 6.02. The molecule has 1 fully saturated rings. The van der Waals surface area contributed by atoms with Crippen LogP contribution in [0.15, 0.2) is 95.9 Å². The third-order valence-corrected chi connectivity index (χ3v) is 6.67. The number of carbonyl (C=O) groups excluding carboxylic acids is 1. The van der Waals surface area contributed by atoms with Gasteiger partial charge in [0.05, 0.1) is 12.7 Å². The zero-order chi connectivity index (χ0) is 25.0. The van der Waals surface area contributed by atoms with E-state index in [4.69, 9.17) is 4.74 Å². The lowest BCUT2D eigenvalue weighted by Gasteiger charge is -2.30. The van der Waals surface area contributed by atoms with E-state index in [-0.39, 0.29) is 11.1 Å². The zero-order valence-electron chi connectivity index (χ0n) is 19.8. The molecule has 0 unspecified atom stereocenters. The fourth-order valence-electron chi connectivity index (χ4n) is 4.87. The Bertz CT molecular complexity index is 1390. The van der Waals surface area contributed by atoms with Gasteiger partial charge in [0.15, 0.2) is 11.4 Å². The maximum absolute atomic E-state index is 13.0. The fraction of sp³-hybridized carbons (Fsp3) is 0.207. The predicted molar refractivity (Wildman–Crippen MR) is 138 cm³/mol. The lowest BCUT2D eigenvalue weighted by atomic mass is 9.79. The van der Waals surface area contributed by atoms with Crippen molar-refractivity contribution in [2.24, 2.45) is 0 Å². The zero-order valence-corrected chi connectivity index (χ0v) is 19.8. The van der Waals surface area contributed by atoms with Gasteiger partial charge in [-0.2, -0.15) is 5.10 Å². The third kappa shape index (κ3) is 5.00. The Kier molecular flexibility index (Phi) is 6.54. The molecule has 0 saturated heterocycles. The Morgan fingerprint density at radius 3 is 2.19 bits per heavy atom. The summed E-state index contributed by atoms with van der Waals surface area (Å²) in [5.74, 6) is 0.138. The molecule has 7 heteroatoms. The van der Waals surface area contributed by atoms with E-state index in [1.807, 2.05) is 48.5 Å². The van der Waals surface area contributed by atoms with E-state index in [9.17, 15) is 14.7 Å². The van der Waals surface area contributed by atoms with E-state index in [1.54, 1.807) is 24.3 Å². The van der Waals surface area contributed by atoms with Crippen LogP contribution in [-0.2, 0) is 12.0 Å². The van der Waals surface area contributed by atoms with Gasteiger partial charge >= 0.3 is 0 Å². The first-order valence-corrected chi connectivity index (χ1v) is 12.0. The van der Waals surface area contributed by atoms with Crippen LogP contribution in [0.4, 0.5) is 5.69 Å². The number of ether oxygens (including phenoxy) is 1. The van der Waals surface area contributed by atoms with Crippen LogP contribution in [0, 0.1) is 0 Å². The van der Waals surface area contributed by atoms with Crippen LogP contribution in [0.25, 0.3) is 0 Å². The molecule has 0 spiro atoms. The maximum atomic E-state index is 13.0. The third-order valence-electron chi connectivity index (χ3n) is 6.67. The molecule has 36 heavy (non-hydrogen) atoms. The molecule has 4 aromatic rings. The number of amides is 1. The first kappa shape index (κ1) is 23.4. The number of nitrogens with one attached hydrogen (secondary N) is 1. The van der Waals surface area contributed by atoms with Gasteiger partial charge in [-0.1, -0.05) is 61.4 Å². The van der Waals surface area contributed by atoms with Crippen LogP contribution < -0.4 is 15.5 Å². The Labute approximate surface area is 209 Å². The van der Waals surface area contributed by atoms with Crippen molar-refractivity contribution < 1.29 is 14.6 Å². The van der Waals surface area contributed by atoms with Crippen molar-refractivity contribution in [1.29, 1.82) is 0 Å². The topological polar surface area (TPSA) is 93.4 Å². The van der Waals surface area contributed by atoms with Crippen LogP contribution in [0.3, 0.4) is 0 Å². The van der Waals surface area contributed by atoms with E-state index in [2.05, 4.69) is 22.5 Å². The van der Waals surface area contributed by atoms with E-state index in [0.717, 1.165) is 25.7 Å². The Hall–Kier alpha value is -4.39. The summed E-state index contributed by atoms with van der Waals surface area (Å²) in [6.07, 6.45) is 5.46. The molecule has 0 aliphatic heterocycles. The van der Waals surface area contributed by atoms with Crippen molar-refractivity contribution in [3.63, 3.8) is 0 Å². The van der Waals surface area contributed by atoms with Gasteiger partial charge < -0.3 is 15.2 Å². The number of carbonyl (C=O) groups is 1. The molecular formula is C29H27N3O4. The molecule has 3 aromatic carbocycles. The van der Waals surface area contributed by atoms with Gasteiger partial charge in [-0.05, 0) is 54.8 Å². The Morgan fingerprint density at radius 1 is 0.917 bits per heavy atom. The number of hydrogen-bond donors (Lipinski definition) is 2. The second-order valence-electron chi connectivity index (χ2n) is 9.14. The molecule has 1 heterocycles. The van der Waals surface area contributed by atoms with Gasteiger partial charge in [-0.15, -0.1) is 0 Å². The van der Waals surface area contributed by atoms with Crippen LogP contribution in [0.1, 0.15) is 41.7 Å². The lowest BCUT2D eigenvalue weighted by Crippen LogP contribution is -2.32. The highest BCUT2D eigenvalue weighted by Crippen LogP contribution is 2.42. The SMILES string of the molecule is O=C(Nc1ccc(Oc2ccccc2)cc1)c1nn(CC2(c3ccccc3)CCCC2)cc(O)c1=O. The summed E-state index contributed by atoms with van der Waals surface area (Å²) in [6.45, 7) is 0.469. The Balaban J connectivity index is 1.35. The summed E-state index contributed by atoms with van der Waals surface area (Å²) in [6, 6.07) is 26.4. The van der Waals surface area contributed by atoms with Crippen molar-refractivity contribution >= 4 is 11.6 Å². The van der Waals surface area contributed by atoms with Gasteiger partial charge in [0.2, 0.25) is 0 Å². The number of aromatic nitrogens is 2. The van der Waals surface area contributed by atoms with Gasteiger partial charge in [-0.25, -0.2) is 0 Å². The molecule has 1 amide bonds. The largest absolute Gasteiger partial charge is 0.503 e. The molecule has 1 saturated carbocycles. The molecule has 7 nitrogen and oxygen atoms in total. The van der Waals surface area contributed by atoms with Crippen molar-refractivity contribution in [1.82, 2.24) is 9.78 Å². The van der Waals surface area contributed by atoms with Crippen LogP contribution >= 0.6 is 0 Å². The molecule has 2 N–H and O–H groups in total. The second kappa shape index (κ2) is 10.1. The number of hydrogen-bond acceptors (Lipinski definition) is 5. The summed E-state index contributed by atoms with van der Waals surface area (Å²) in [5, 5.41) is 17.4. The van der Waals surface area contributed by atoms with Crippen LogP contribution in [-0.4, -0.2) is 20.8 Å². The second-order valence-corrected chi connectivity index (χ2v) is 9.14. The molecular weight excluding hydrogens is 454 g/mol. The summed E-state index contributed by atoms with van der Waals surface area (Å²) >= 11 is 0. The van der Waals surface area contributed by atoms with Gasteiger partial charge in [-0.3, -0.25) is 14.3 Å². The molecule has 0 atom stereocenters. The quantitative estimate of drug-likeness (QED) is 0.363. The number of rotatable bonds is 7. The van der Waals surface area contributed by atoms with Crippen molar-refractivity contribution in [3.8, 4) is 17.2 Å². The van der Waals surface area contributed by atoms with Crippen LogP contribution in [0.5, 0.6) is 17.2 Å². The van der Waals surface area contributed by atoms with E-state index >= 15 is 0 Å². The standard InChI is InChI=1S/C29H27N3O4/c33-25-19-32(20-29(17-7-8-18-29)21-9-3-1-4-10-21)31-26(27(25)34)28(35)30-22-13-15-24(16-14-22)36-23-11-5-2-6-12-23/h1-6,9-16,19,33H,7-8,17-18,20H2,(H,30,35). The molecule has 0 bridgehead atoms. The maximum Gasteiger partial charge on any atom is 0.280 e. The molecule has 5 rings (SSSR count). The monoisotopic (exact) mass is 481 g/mol. The number of aromatic hydroxyl groups is 1. The number of para-hydroxylation sites is 1. The summed E-state index contributed by atoms with van der Waals surface area (Å²) in [4.78, 5) is 25.6.